The molecule has 0 radical (unpaired) electrons. The van der Waals surface area contributed by atoms with E-state index >= 15 is 0 Å². The summed E-state index contributed by atoms with van der Waals surface area (Å²) in [4.78, 5) is 57.7. The van der Waals surface area contributed by atoms with Crippen LogP contribution in [0.15, 0.2) is 0 Å². The summed E-state index contributed by atoms with van der Waals surface area (Å²) in [6, 6.07) is 0. The van der Waals surface area contributed by atoms with Crippen molar-refractivity contribution in [2.75, 3.05) is 20.8 Å². The third kappa shape index (κ3) is 2.72. The van der Waals surface area contributed by atoms with Gasteiger partial charge in [0.2, 0.25) is 0 Å². The molecule has 0 aromatic rings. The van der Waals surface area contributed by atoms with Crippen LogP contribution < -0.4 is 0 Å². The zero-order valence-corrected chi connectivity index (χ0v) is 18.1. The van der Waals surface area contributed by atoms with E-state index in [2.05, 4.69) is 0 Å². The maximum atomic E-state index is 13.0. The zero-order valence-electron chi connectivity index (χ0n) is 18.1. The average Bonchev–Trinajstić information content (AvgIpc) is 2.56. The van der Waals surface area contributed by atoms with E-state index in [1.54, 1.807) is 79.3 Å². The molecule has 2 saturated heterocycles. The molecule has 2 aliphatic rings. The van der Waals surface area contributed by atoms with Crippen molar-refractivity contribution >= 4 is 23.6 Å². The van der Waals surface area contributed by atoms with Crippen molar-refractivity contribution in [2.45, 2.75) is 77.5 Å². The minimum absolute atomic E-state index is 0.364. The Morgan fingerprint density at radius 1 is 0.519 bits per heavy atom. The first-order chi connectivity index (χ1) is 11.9. The highest BCUT2D eigenvalue weighted by Gasteiger charge is 2.58. The lowest BCUT2D eigenvalue weighted by Crippen LogP contribution is -2.77. The van der Waals surface area contributed by atoms with E-state index in [9.17, 15) is 19.2 Å². The highest BCUT2D eigenvalue weighted by Crippen LogP contribution is 2.36. The SMILES string of the molecule is CN1C(C)(C)C(=O)N(CN2C(=O)C(C)(C)N(C)C(C)(C)C2=O)C(=O)C1(C)C. The quantitative estimate of drug-likeness (QED) is 0.655. The molecule has 0 aliphatic carbocycles. The Bertz CT molecular complexity index is 607. The molecular formula is C19H32N4O4. The van der Waals surface area contributed by atoms with Gasteiger partial charge in [0.05, 0.1) is 22.2 Å². The lowest BCUT2D eigenvalue weighted by atomic mass is 9.86. The Morgan fingerprint density at radius 3 is 0.889 bits per heavy atom. The molecule has 8 heteroatoms. The maximum Gasteiger partial charge on any atom is 0.250 e. The van der Waals surface area contributed by atoms with Crippen molar-refractivity contribution in [3.63, 3.8) is 0 Å². The minimum Gasteiger partial charge on any atom is -0.279 e. The number of nitrogens with zero attached hydrogens (tertiary/aromatic N) is 4. The van der Waals surface area contributed by atoms with Crippen molar-refractivity contribution in [3.8, 4) is 0 Å². The third-order valence-corrected chi connectivity index (χ3v) is 6.71. The van der Waals surface area contributed by atoms with Gasteiger partial charge in [0.25, 0.3) is 23.6 Å². The van der Waals surface area contributed by atoms with Crippen LogP contribution in [0.1, 0.15) is 55.4 Å². The summed E-state index contributed by atoms with van der Waals surface area (Å²) in [6.45, 7) is 13.5. The van der Waals surface area contributed by atoms with Gasteiger partial charge in [0, 0.05) is 0 Å². The summed E-state index contributed by atoms with van der Waals surface area (Å²) >= 11 is 0. The molecule has 8 nitrogen and oxygen atoms in total. The fourth-order valence-corrected chi connectivity index (χ4v) is 3.88. The first-order valence-corrected chi connectivity index (χ1v) is 9.13. The molecule has 27 heavy (non-hydrogen) atoms. The van der Waals surface area contributed by atoms with Crippen molar-refractivity contribution in [1.29, 1.82) is 0 Å². The molecule has 2 fully saturated rings. The lowest BCUT2D eigenvalue weighted by molar-refractivity contribution is -0.184. The van der Waals surface area contributed by atoms with Crippen LogP contribution in [-0.2, 0) is 19.2 Å². The van der Waals surface area contributed by atoms with Gasteiger partial charge < -0.3 is 0 Å². The summed E-state index contributed by atoms with van der Waals surface area (Å²) < 4.78 is 0. The van der Waals surface area contributed by atoms with E-state index < -0.39 is 45.8 Å². The number of amides is 4. The maximum absolute atomic E-state index is 13.0. The summed E-state index contributed by atoms with van der Waals surface area (Å²) in [7, 11) is 3.46. The Balaban J connectivity index is 2.48. The highest BCUT2D eigenvalue weighted by atomic mass is 16.2. The molecule has 2 heterocycles. The number of likely N-dealkylation sites (N-methyl/N-ethyl adjacent to an activating group) is 2. The van der Waals surface area contributed by atoms with Gasteiger partial charge in [0.1, 0.15) is 6.67 Å². The minimum atomic E-state index is -0.943. The molecule has 0 aromatic carbocycles. The first-order valence-electron chi connectivity index (χ1n) is 9.13. The standard InChI is InChI=1S/C19H32N4O4/c1-16(2)12(24)22(13(25)17(3,4)20(16)9)11-23-14(26)18(5,6)21(10)19(7,8)15(23)27/h11H2,1-10H3. The smallest absolute Gasteiger partial charge is 0.250 e. The summed E-state index contributed by atoms with van der Waals surface area (Å²) in [5.74, 6) is -1.71. The van der Waals surface area contributed by atoms with Crippen LogP contribution in [0.2, 0.25) is 0 Å². The fourth-order valence-electron chi connectivity index (χ4n) is 3.88. The molecule has 152 valence electrons. The Kier molecular flexibility index (Phi) is 4.66. The number of piperazine rings is 2. The lowest BCUT2D eigenvalue weighted by Gasteiger charge is -2.55. The summed E-state index contributed by atoms with van der Waals surface area (Å²) in [5, 5.41) is 0. The van der Waals surface area contributed by atoms with E-state index in [0.717, 1.165) is 9.80 Å². The third-order valence-electron chi connectivity index (χ3n) is 6.71. The number of hydrogen-bond donors (Lipinski definition) is 0. The van der Waals surface area contributed by atoms with Gasteiger partial charge in [-0.2, -0.15) is 0 Å². The van der Waals surface area contributed by atoms with Crippen LogP contribution in [0.25, 0.3) is 0 Å². The predicted octanol–water partition coefficient (Wildman–Crippen LogP) is 0.660. The summed E-state index contributed by atoms with van der Waals surface area (Å²) in [6.07, 6.45) is 0. The van der Waals surface area contributed by atoms with Crippen LogP contribution in [0.3, 0.4) is 0 Å². The highest BCUT2D eigenvalue weighted by molar-refractivity contribution is 6.09. The van der Waals surface area contributed by atoms with Crippen LogP contribution in [0.4, 0.5) is 0 Å². The molecule has 0 spiro atoms. The van der Waals surface area contributed by atoms with E-state index in [4.69, 9.17) is 0 Å². The van der Waals surface area contributed by atoms with E-state index in [0.29, 0.717) is 0 Å². The first kappa shape index (κ1) is 21.5. The van der Waals surface area contributed by atoms with Gasteiger partial charge >= 0.3 is 0 Å². The van der Waals surface area contributed by atoms with Crippen molar-refractivity contribution in [3.05, 3.63) is 0 Å². The van der Waals surface area contributed by atoms with Gasteiger partial charge in [-0.1, -0.05) is 0 Å². The normalized spacial score (nSPS) is 28.1. The topological polar surface area (TPSA) is 81.2 Å². The van der Waals surface area contributed by atoms with E-state index in [1.807, 2.05) is 0 Å². The van der Waals surface area contributed by atoms with Crippen molar-refractivity contribution in [1.82, 2.24) is 19.6 Å². The van der Waals surface area contributed by atoms with E-state index in [1.165, 1.54) is 0 Å². The van der Waals surface area contributed by atoms with E-state index in [-0.39, 0.29) is 6.67 Å². The largest absolute Gasteiger partial charge is 0.279 e. The summed E-state index contributed by atoms with van der Waals surface area (Å²) in [5.41, 5.74) is -3.77. The molecular weight excluding hydrogens is 348 g/mol. The number of imide groups is 2. The van der Waals surface area contributed by atoms with Crippen molar-refractivity contribution in [2.24, 2.45) is 0 Å². The van der Waals surface area contributed by atoms with Crippen LogP contribution in [0, 0.1) is 0 Å². The number of carbonyl (C=O) groups is 4. The molecule has 0 aromatic heterocycles. The zero-order chi connectivity index (χ0) is 21.3. The molecule has 0 saturated carbocycles. The van der Waals surface area contributed by atoms with Gasteiger partial charge in [0.15, 0.2) is 0 Å². The van der Waals surface area contributed by atoms with Gasteiger partial charge in [-0.15, -0.1) is 0 Å². The molecule has 0 unspecified atom stereocenters. The Morgan fingerprint density at radius 2 is 0.704 bits per heavy atom. The van der Waals surface area contributed by atoms with Crippen LogP contribution >= 0.6 is 0 Å². The molecule has 0 N–H and O–H groups in total. The number of carbonyl (C=O) groups excluding carboxylic acids is 4. The van der Waals surface area contributed by atoms with Gasteiger partial charge in [-0.05, 0) is 69.5 Å². The monoisotopic (exact) mass is 380 g/mol. The average molecular weight is 380 g/mol. The van der Waals surface area contributed by atoms with Crippen LogP contribution in [0.5, 0.6) is 0 Å². The Labute approximate surface area is 161 Å². The van der Waals surface area contributed by atoms with Crippen LogP contribution in [-0.4, -0.2) is 86.1 Å². The molecule has 2 rings (SSSR count). The predicted molar refractivity (Wildman–Crippen MR) is 100 cm³/mol. The molecule has 0 atom stereocenters. The molecule has 2 aliphatic heterocycles. The van der Waals surface area contributed by atoms with Crippen molar-refractivity contribution < 1.29 is 19.2 Å². The molecule has 4 amide bonds. The van der Waals surface area contributed by atoms with Gasteiger partial charge in [-0.25, -0.2) is 0 Å². The molecule has 0 bridgehead atoms. The second kappa shape index (κ2) is 5.85. The fraction of sp³-hybridized carbons (Fsp3) is 0.789. The second-order valence-corrected chi connectivity index (χ2v) is 9.57. The number of hydrogen-bond acceptors (Lipinski definition) is 6. The van der Waals surface area contributed by atoms with Gasteiger partial charge in [-0.3, -0.25) is 38.8 Å². The Hall–Kier alpha value is -1.80. The second-order valence-electron chi connectivity index (χ2n) is 9.57. The number of rotatable bonds is 2.